The highest BCUT2D eigenvalue weighted by Gasteiger charge is 2.24. The van der Waals surface area contributed by atoms with Crippen LogP contribution in [0.2, 0.25) is 0 Å². The Morgan fingerprint density at radius 2 is 1.81 bits per heavy atom. The molecular formula is C20H24N4O2. The number of imidazole rings is 1. The summed E-state index contributed by atoms with van der Waals surface area (Å²) in [4.78, 5) is 21.5. The Hall–Kier alpha value is -2.70. The third-order valence-electron chi connectivity index (χ3n) is 4.17. The van der Waals surface area contributed by atoms with Gasteiger partial charge >= 0.3 is 0 Å². The van der Waals surface area contributed by atoms with E-state index in [0.717, 1.165) is 16.9 Å². The van der Waals surface area contributed by atoms with E-state index in [4.69, 9.17) is 0 Å². The van der Waals surface area contributed by atoms with Crippen LogP contribution in [0.1, 0.15) is 21.7 Å². The van der Waals surface area contributed by atoms with Crippen molar-refractivity contribution in [2.24, 2.45) is 0 Å². The monoisotopic (exact) mass is 352 g/mol. The summed E-state index contributed by atoms with van der Waals surface area (Å²) in [5, 5.41) is 9.44. The first-order valence-electron chi connectivity index (χ1n) is 8.65. The molecule has 6 heteroatoms. The Kier molecular flexibility index (Phi) is 5.65. The number of aliphatic hydroxyl groups is 1. The average molecular weight is 352 g/mol. The third kappa shape index (κ3) is 3.92. The zero-order valence-corrected chi connectivity index (χ0v) is 15.2. The molecule has 0 fully saturated rings. The molecule has 0 radical (unpaired) electrons. The first-order chi connectivity index (χ1) is 12.6. The average Bonchev–Trinajstić information content (AvgIpc) is 3.00. The lowest BCUT2D eigenvalue weighted by molar-refractivity contribution is 0.0700. The van der Waals surface area contributed by atoms with Crippen molar-refractivity contribution in [2.75, 3.05) is 27.2 Å². The van der Waals surface area contributed by atoms with E-state index < -0.39 is 0 Å². The summed E-state index contributed by atoms with van der Waals surface area (Å²) in [6.45, 7) is 1.22. The molecule has 1 N–H and O–H groups in total. The molecule has 0 aliphatic carbocycles. The van der Waals surface area contributed by atoms with Crippen molar-refractivity contribution in [3.8, 4) is 0 Å². The summed E-state index contributed by atoms with van der Waals surface area (Å²) >= 11 is 0. The maximum atomic E-state index is 13.2. The molecule has 136 valence electrons. The fraction of sp³-hybridized carbons (Fsp3) is 0.300. The number of rotatable bonds is 7. The molecule has 3 rings (SSSR count). The van der Waals surface area contributed by atoms with Gasteiger partial charge in [-0.1, -0.05) is 36.4 Å². The standard InChI is InChI=1S/C20H24N4O2/c1-22(2)15-17-19(21-18-10-6-7-11-24(17)18)20(26)23(12-13-25)14-16-8-4-3-5-9-16/h3-11,25H,12-15H2,1-2H3. The largest absolute Gasteiger partial charge is 0.395 e. The Morgan fingerprint density at radius 3 is 2.50 bits per heavy atom. The molecule has 0 atom stereocenters. The predicted molar refractivity (Wildman–Crippen MR) is 101 cm³/mol. The van der Waals surface area contributed by atoms with Crippen LogP contribution < -0.4 is 0 Å². The Balaban J connectivity index is 1.98. The summed E-state index contributed by atoms with van der Waals surface area (Å²) in [6.07, 6.45) is 1.92. The molecule has 1 amide bonds. The van der Waals surface area contributed by atoms with E-state index in [1.165, 1.54) is 0 Å². The number of carbonyl (C=O) groups excluding carboxylic acids is 1. The van der Waals surface area contributed by atoms with Crippen molar-refractivity contribution in [3.63, 3.8) is 0 Å². The van der Waals surface area contributed by atoms with Crippen molar-refractivity contribution in [2.45, 2.75) is 13.1 Å². The molecule has 26 heavy (non-hydrogen) atoms. The van der Waals surface area contributed by atoms with Crippen molar-refractivity contribution in [3.05, 3.63) is 71.7 Å². The summed E-state index contributed by atoms with van der Waals surface area (Å²) in [6, 6.07) is 15.5. The number of nitrogens with zero attached hydrogens (tertiary/aromatic N) is 4. The van der Waals surface area contributed by atoms with Crippen molar-refractivity contribution >= 4 is 11.6 Å². The molecule has 0 saturated heterocycles. The minimum Gasteiger partial charge on any atom is -0.395 e. The van der Waals surface area contributed by atoms with Crippen molar-refractivity contribution < 1.29 is 9.90 Å². The van der Waals surface area contributed by atoms with E-state index >= 15 is 0 Å². The van der Waals surface area contributed by atoms with Crippen LogP contribution in [0.3, 0.4) is 0 Å². The van der Waals surface area contributed by atoms with Crippen LogP contribution in [0.5, 0.6) is 0 Å². The lowest BCUT2D eigenvalue weighted by Crippen LogP contribution is -2.34. The number of benzene rings is 1. The van der Waals surface area contributed by atoms with Gasteiger partial charge in [0.1, 0.15) is 5.65 Å². The summed E-state index contributed by atoms with van der Waals surface area (Å²) < 4.78 is 1.95. The van der Waals surface area contributed by atoms with Crippen LogP contribution in [-0.2, 0) is 13.1 Å². The molecule has 3 aromatic rings. The fourth-order valence-corrected chi connectivity index (χ4v) is 3.00. The van der Waals surface area contributed by atoms with Crippen LogP contribution in [0.15, 0.2) is 54.7 Å². The summed E-state index contributed by atoms with van der Waals surface area (Å²) in [5.74, 6) is -0.163. The lowest BCUT2D eigenvalue weighted by Gasteiger charge is -2.22. The summed E-state index contributed by atoms with van der Waals surface area (Å²) in [7, 11) is 3.93. The molecule has 0 spiro atoms. The van der Waals surface area contributed by atoms with Gasteiger partial charge in [-0.15, -0.1) is 0 Å². The van der Waals surface area contributed by atoms with E-state index in [9.17, 15) is 9.90 Å². The molecule has 0 unspecified atom stereocenters. The van der Waals surface area contributed by atoms with Gasteiger partial charge in [-0.05, 0) is 31.8 Å². The van der Waals surface area contributed by atoms with Gasteiger partial charge in [0.2, 0.25) is 0 Å². The van der Waals surface area contributed by atoms with Crippen molar-refractivity contribution in [1.29, 1.82) is 0 Å². The number of aliphatic hydroxyl groups excluding tert-OH is 1. The number of amides is 1. The molecule has 0 bridgehead atoms. The second kappa shape index (κ2) is 8.12. The highest BCUT2D eigenvalue weighted by atomic mass is 16.3. The first kappa shape index (κ1) is 18.1. The predicted octanol–water partition coefficient (Wildman–Crippen LogP) is 2.03. The molecule has 2 heterocycles. The molecule has 2 aromatic heterocycles. The van der Waals surface area contributed by atoms with E-state index in [2.05, 4.69) is 4.98 Å². The quantitative estimate of drug-likeness (QED) is 0.707. The van der Waals surface area contributed by atoms with Crippen LogP contribution in [0.4, 0.5) is 0 Å². The molecule has 0 aliphatic heterocycles. The number of hydrogen-bond donors (Lipinski definition) is 1. The van der Waals surface area contributed by atoms with Crippen LogP contribution >= 0.6 is 0 Å². The summed E-state index contributed by atoms with van der Waals surface area (Å²) in [5.41, 5.74) is 3.06. The van der Waals surface area contributed by atoms with Gasteiger partial charge in [-0.2, -0.15) is 0 Å². The second-order valence-corrected chi connectivity index (χ2v) is 6.51. The minimum atomic E-state index is -0.163. The van der Waals surface area contributed by atoms with Crippen LogP contribution in [-0.4, -0.2) is 57.4 Å². The number of pyridine rings is 1. The topological polar surface area (TPSA) is 61.1 Å². The van der Waals surface area contributed by atoms with E-state index in [1.54, 1.807) is 4.90 Å². The number of carbonyl (C=O) groups is 1. The molecular weight excluding hydrogens is 328 g/mol. The van der Waals surface area contributed by atoms with Crippen molar-refractivity contribution in [1.82, 2.24) is 19.2 Å². The Bertz CT molecular complexity index is 874. The molecule has 6 nitrogen and oxygen atoms in total. The number of hydrogen-bond acceptors (Lipinski definition) is 4. The lowest BCUT2D eigenvalue weighted by atomic mass is 10.2. The third-order valence-corrected chi connectivity index (χ3v) is 4.17. The number of aromatic nitrogens is 2. The maximum absolute atomic E-state index is 13.2. The van der Waals surface area contributed by atoms with Gasteiger partial charge in [0, 0.05) is 25.8 Å². The molecule has 0 saturated carbocycles. The first-order valence-corrected chi connectivity index (χ1v) is 8.65. The fourth-order valence-electron chi connectivity index (χ4n) is 3.00. The molecule has 1 aromatic carbocycles. The minimum absolute atomic E-state index is 0.0883. The van der Waals surface area contributed by atoms with Crippen LogP contribution in [0, 0.1) is 0 Å². The molecule has 0 aliphatic rings. The van der Waals surface area contributed by atoms with Crippen LogP contribution in [0.25, 0.3) is 5.65 Å². The van der Waals surface area contributed by atoms with Gasteiger partial charge in [0.05, 0.1) is 12.3 Å². The Morgan fingerprint density at radius 1 is 1.08 bits per heavy atom. The smallest absolute Gasteiger partial charge is 0.274 e. The zero-order chi connectivity index (χ0) is 18.5. The second-order valence-electron chi connectivity index (χ2n) is 6.51. The zero-order valence-electron chi connectivity index (χ0n) is 15.2. The maximum Gasteiger partial charge on any atom is 0.274 e. The normalized spacial score (nSPS) is 11.2. The van der Waals surface area contributed by atoms with Gasteiger partial charge < -0.3 is 19.3 Å². The van der Waals surface area contributed by atoms with Gasteiger partial charge in [0.25, 0.3) is 5.91 Å². The van der Waals surface area contributed by atoms with E-state index in [0.29, 0.717) is 18.8 Å². The van der Waals surface area contributed by atoms with Gasteiger partial charge in [-0.25, -0.2) is 4.98 Å². The Labute approximate surface area is 153 Å². The highest BCUT2D eigenvalue weighted by molar-refractivity contribution is 5.94. The number of fused-ring (bicyclic) bond motifs is 1. The van der Waals surface area contributed by atoms with E-state index in [-0.39, 0.29) is 19.1 Å². The van der Waals surface area contributed by atoms with Gasteiger partial charge in [0.15, 0.2) is 5.69 Å². The SMILES string of the molecule is CN(C)Cc1c(C(=O)N(CCO)Cc2ccccc2)nc2ccccn12. The van der Waals surface area contributed by atoms with E-state index in [1.807, 2.05) is 78.1 Å². The van der Waals surface area contributed by atoms with Gasteiger partial charge in [-0.3, -0.25) is 4.79 Å². The highest BCUT2D eigenvalue weighted by Crippen LogP contribution is 2.17.